The van der Waals surface area contributed by atoms with E-state index in [9.17, 15) is 4.79 Å². The highest BCUT2D eigenvalue weighted by Crippen LogP contribution is 2.15. The Hall–Kier alpha value is -2.73. The van der Waals surface area contributed by atoms with Crippen LogP contribution in [0.2, 0.25) is 0 Å². The third-order valence-corrected chi connectivity index (χ3v) is 5.04. The van der Waals surface area contributed by atoms with E-state index in [1.54, 1.807) is 0 Å². The number of amides is 1. The normalized spacial score (nSPS) is 15.0. The van der Waals surface area contributed by atoms with Gasteiger partial charge in [-0.15, -0.1) is 0 Å². The lowest BCUT2D eigenvalue weighted by atomic mass is 10.2. The maximum atomic E-state index is 12.4. The van der Waals surface area contributed by atoms with E-state index in [2.05, 4.69) is 68.4 Å². The van der Waals surface area contributed by atoms with E-state index in [1.165, 1.54) is 5.56 Å². The lowest BCUT2D eigenvalue weighted by Crippen LogP contribution is -2.46. The summed E-state index contributed by atoms with van der Waals surface area (Å²) in [4.78, 5) is 25.9. The summed E-state index contributed by atoms with van der Waals surface area (Å²) < 4.78 is 0. The number of aromatic nitrogens is 2. The van der Waals surface area contributed by atoms with Gasteiger partial charge in [-0.2, -0.15) is 0 Å². The molecule has 1 N–H and O–H groups in total. The summed E-state index contributed by atoms with van der Waals surface area (Å²) in [6.07, 6.45) is 6.42. The number of piperazine rings is 1. The third-order valence-electron chi connectivity index (χ3n) is 5.04. The maximum absolute atomic E-state index is 12.4. The summed E-state index contributed by atoms with van der Waals surface area (Å²) in [6.45, 7) is 9.31. The summed E-state index contributed by atoms with van der Waals surface area (Å²) in [5.41, 5.74) is 1.68. The van der Waals surface area contributed by atoms with E-state index >= 15 is 0 Å². The summed E-state index contributed by atoms with van der Waals surface area (Å²) in [7, 11) is 0. The van der Waals surface area contributed by atoms with Crippen LogP contribution in [0.3, 0.4) is 0 Å². The molecule has 0 aliphatic carbocycles. The second kappa shape index (κ2) is 10.7. The Labute approximate surface area is 173 Å². The average Bonchev–Trinajstić information content (AvgIpc) is 2.74. The van der Waals surface area contributed by atoms with Crippen molar-refractivity contribution in [3.63, 3.8) is 0 Å². The van der Waals surface area contributed by atoms with Crippen LogP contribution in [-0.2, 0) is 0 Å². The molecule has 1 fully saturated rings. The highest BCUT2D eigenvalue weighted by atomic mass is 16.1. The fourth-order valence-electron chi connectivity index (χ4n) is 3.36. The van der Waals surface area contributed by atoms with Crippen molar-refractivity contribution in [3.05, 3.63) is 59.6 Å². The fraction of sp³-hybridized carbons (Fsp3) is 0.435. The van der Waals surface area contributed by atoms with Crippen molar-refractivity contribution in [2.24, 2.45) is 0 Å². The van der Waals surface area contributed by atoms with Crippen molar-refractivity contribution in [1.29, 1.82) is 0 Å². The Kier molecular flexibility index (Phi) is 7.76. The van der Waals surface area contributed by atoms with Crippen LogP contribution in [0.5, 0.6) is 0 Å². The molecule has 0 saturated carbocycles. The molecular weight excluding hydrogens is 362 g/mol. The third kappa shape index (κ3) is 6.39. The van der Waals surface area contributed by atoms with Crippen molar-refractivity contribution in [3.8, 4) is 0 Å². The highest BCUT2D eigenvalue weighted by Gasteiger charge is 2.19. The number of benzene rings is 1. The van der Waals surface area contributed by atoms with Crippen LogP contribution in [0.15, 0.2) is 42.5 Å². The molecular formula is C23H31N5O. The largest absolute Gasteiger partial charge is 0.354 e. The van der Waals surface area contributed by atoms with E-state index in [4.69, 9.17) is 0 Å². The molecule has 29 heavy (non-hydrogen) atoms. The van der Waals surface area contributed by atoms with Crippen LogP contribution >= 0.6 is 0 Å². The van der Waals surface area contributed by atoms with Gasteiger partial charge in [0.05, 0.1) is 0 Å². The molecule has 0 unspecified atom stereocenters. The van der Waals surface area contributed by atoms with Gasteiger partial charge in [0.2, 0.25) is 0 Å². The van der Waals surface area contributed by atoms with Gasteiger partial charge in [0.15, 0.2) is 0 Å². The predicted octanol–water partition coefficient (Wildman–Crippen LogP) is 3.15. The van der Waals surface area contributed by atoms with Crippen LogP contribution in [0.25, 0.3) is 6.08 Å². The Balaban J connectivity index is 1.53. The second-order valence-electron chi connectivity index (χ2n) is 7.37. The molecule has 1 saturated heterocycles. The number of unbranched alkanes of at least 4 members (excludes halogenated alkanes) is 1. The molecule has 0 atom stereocenters. The van der Waals surface area contributed by atoms with Crippen LogP contribution in [0.4, 0.5) is 5.82 Å². The zero-order valence-electron chi connectivity index (χ0n) is 17.5. The van der Waals surface area contributed by atoms with Crippen molar-refractivity contribution >= 4 is 17.8 Å². The van der Waals surface area contributed by atoms with Gasteiger partial charge in [0, 0.05) is 45.3 Å². The number of anilines is 1. The summed E-state index contributed by atoms with van der Waals surface area (Å²) in [5, 5.41) is 2.94. The van der Waals surface area contributed by atoms with Gasteiger partial charge in [0.1, 0.15) is 17.3 Å². The smallest absolute Gasteiger partial charge is 0.270 e. The lowest BCUT2D eigenvalue weighted by molar-refractivity contribution is 0.0947. The van der Waals surface area contributed by atoms with E-state index in [0.29, 0.717) is 18.1 Å². The average molecular weight is 394 g/mol. The monoisotopic (exact) mass is 393 g/mol. The molecule has 3 rings (SSSR count). The fourth-order valence-corrected chi connectivity index (χ4v) is 3.36. The number of hydrogen-bond donors (Lipinski definition) is 1. The molecule has 2 heterocycles. The molecule has 1 amide bonds. The molecule has 0 spiro atoms. The van der Waals surface area contributed by atoms with Gasteiger partial charge < -0.3 is 10.2 Å². The van der Waals surface area contributed by atoms with Crippen LogP contribution in [0.1, 0.15) is 41.6 Å². The predicted molar refractivity (Wildman–Crippen MR) is 118 cm³/mol. The van der Waals surface area contributed by atoms with E-state index in [0.717, 1.165) is 51.4 Å². The topological polar surface area (TPSA) is 61.4 Å². The van der Waals surface area contributed by atoms with Crippen LogP contribution < -0.4 is 10.2 Å². The van der Waals surface area contributed by atoms with Gasteiger partial charge in [-0.3, -0.25) is 9.69 Å². The van der Waals surface area contributed by atoms with Gasteiger partial charge in [-0.05, 0) is 18.9 Å². The molecule has 1 aromatic carbocycles. The zero-order valence-corrected chi connectivity index (χ0v) is 17.5. The summed E-state index contributed by atoms with van der Waals surface area (Å²) in [6, 6.07) is 12.2. The second-order valence-corrected chi connectivity index (χ2v) is 7.37. The SMILES string of the molecule is CCCCNC(=O)c1cc(N2CCN(C/C=C/c3ccccc3)CC2)nc(C)n1. The minimum atomic E-state index is -0.116. The molecule has 1 aromatic heterocycles. The first kappa shape index (κ1) is 21.0. The molecule has 2 aromatic rings. The first-order chi connectivity index (χ1) is 14.2. The number of carbonyl (C=O) groups excluding carboxylic acids is 1. The minimum absolute atomic E-state index is 0.116. The number of aryl methyl sites for hydroxylation is 1. The van der Waals surface area contributed by atoms with Gasteiger partial charge >= 0.3 is 0 Å². The Morgan fingerprint density at radius 2 is 1.90 bits per heavy atom. The quantitative estimate of drug-likeness (QED) is 0.698. The molecule has 154 valence electrons. The molecule has 0 radical (unpaired) electrons. The van der Waals surface area contributed by atoms with Crippen molar-refractivity contribution in [2.75, 3.05) is 44.2 Å². The molecule has 1 aliphatic heterocycles. The van der Waals surface area contributed by atoms with Crippen molar-refractivity contribution in [2.45, 2.75) is 26.7 Å². The van der Waals surface area contributed by atoms with Crippen LogP contribution in [0, 0.1) is 6.92 Å². The van der Waals surface area contributed by atoms with Crippen molar-refractivity contribution in [1.82, 2.24) is 20.2 Å². The van der Waals surface area contributed by atoms with E-state index in [-0.39, 0.29) is 5.91 Å². The number of hydrogen-bond acceptors (Lipinski definition) is 5. The Bertz CT molecular complexity index is 813. The van der Waals surface area contributed by atoms with E-state index in [1.807, 2.05) is 19.1 Å². The molecule has 6 nitrogen and oxygen atoms in total. The highest BCUT2D eigenvalue weighted by molar-refractivity contribution is 5.92. The molecule has 6 heteroatoms. The number of rotatable bonds is 8. The lowest BCUT2D eigenvalue weighted by Gasteiger charge is -2.35. The maximum Gasteiger partial charge on any atom is 0.270 e. The van der Waals surface area contributed by atoms with Gasteiger partial charge in [-0.1, -0.05) is 55.8 Å². The van der Waals surface area contributed by atoms with Crippen LogP contribution in [-0.4, -0.2) is 60.0 Å². The Morgan fingerprint density at radius 3 is 2.62 bits per heavy atom. The number of carbonyl (C=O) groups is 1. The standard InChI is InChI=1S/C23H31N5O/c1-3-4-12-24-23(29)21-18-22(26-19(2)25-21)28-16-14-27(15-17-28)13-8-11-20-9-6-5-7-10-20/h5-11,18H,3-4,12-17H2,1-2H3,(H,24,29)/b11-8+. The number of nitrogens with one attached hydrogen (secondary N) is 1. The van der Waals surface area contributed by atoms with Gasteiger partial charge in [-0.25, -0.2) is 9.97 Å². The first-order valence-corrected chi connectivity index (χ1v) is 10.5. The zero-order chi connectivity index (χ0) is 20.5. The number of nitrogens with zero attached hydrogens (tertiary/aromatic N) is 4. The minimum Gasteiger partial charge on any atom is -0.354 e. The molecule has 0 bridgehead atoms. The van der Waals surface area contributed by atoms with E-state index < -0.39 is 0 Å². The molecule has 1 aliphatic rings. The first-order valence-electron chi connectivity index (χ1n) is 10.5. The summed E-state index contributed by atoms with van der Waals surface area (Å²) >= 11 is 0. The Morgan fingerprint density at radius 1 is 1.14 bits per heavy atom. The van der Waals surface area contributed by atoms with Crippen molar-refractivity contribution < 1.29 is 4.79 Å². The van der Waals surface area contributed by atoms with Gasteiger partial charge in [0.25, 0.3) is 5.91 Å². The summed E-state index contributed by atoms with van der Waals surface area (Å²) in [5.74, 6) is 1.36.